The Labute approximate surface area is 139 Å². The van der Waals surface area contributed by atoms with Gasteiger partial charge in [-0.15, -0.1) is 6.42 Å². The zero-order valence-electron chi connectivity index (χ0n) is 12.3. The summed E-state index contributed by atoms with van der Waals surface area (Å²) in [5, 5.41) is 5.60. The Kier molecular flexibility index (Phi) is 10.2. The lowest BCUT2D eigenvalue weighted by atomic mass is 10.2. The van der Waals surface area contributed by atoms with Gasteiger partial charge in [-0.25, -0.2) is 4.79 Å². The molecule has 22 heavy (non-hydrogen) atoms. The third-order valence-corrected chi connectivity index (χ3v) is 4.92. The maximum Gasteiger partial charge on any atom is 0.315 e. The molecule has 1 aromatic rings. The molecule has 0 atom stereocenters. The molecule has 120 valence electrons. The first-order valence-electron chi connectivity index (χ1n) is 6.88. The van der Waals surface area contributed by atoms with Gasteiger partial charge in [0.2, 0.25) is 0 Å². The Morgan fingerprint density at radius 1 is 1.27 bits per heavy atom. The van der Waals surface area contributed by atoms with Crippen molar-refractivity contribution in [1.82, 2.24) is 10.6 Å². The molecule has 5 nitrogen and oxygen atoms in total. The van der Waals surface area contributed by atoms with Gasteiger partial charge >= 0.3 is 6.03 Å². The number of hydrogen-bond donors (Lipinski definition) is 3. The number of amides is 2. The van der Waals surface area contributed by atoms with Crippen molar-refractivity contribution in [1.29, 1.82) is 0 Å². The molecule has 0 saturated heterocycles. The van der Waals surface area contributed by atoms with Crippen LogP contribution in [0, 0.1) is 12.3 Å². The highest BCUT2D eigenvalue weighted by Crippen LogP contribution is 2.19. The predicted octanol–water partition coefficient (Wildman–Crippen LogP) is 1.84. The van der Waals surface area contributed by atoms with Crippen LogP contribution in [0.15, 0.2) is 24.3 Å². The van der Waals surface area contributed by atoms with E-state index in [2.05, 4.69) is 16.6 Å². The van der Waals surface area contributed by atoms with Crippen LogP contribution >= 0.6 is 21.6 Å². The standard InChI is InChI=1S/C15H21N3O2S2/c1-2-9-20-14-6-4-3-5-13(14)12-18-15(19)17-8-11-22-21-10-7-16/h1,3-6H,7-12,16H2,(H2,17,18,19). The molecule has 0 heterocycles. The molecule has 7 heteroatoms. The highest BCUT2D eigenvalue weighted by molar-refractivity contribution is 8.76. The molecule has 1 rings (SSSR count). The Morgan fingerprint density at radius 3 is 2.82 bits per heavy atom. The number of terminal acetylenes is 1. The van der Waals surface area contributed by atoms with E-state index in [1.807, 2.05) is 24.3 Å². The van der Waals surface area contributed by atoms with Crippen molar-refractivity contribution in [2.24, 2.45) is 5.73 Å². The number of benzene rings is 1. The van der Waals surface area contributed by atoms with Crippen molar-refractivity contribution in [3.05, 3.63) is 29.8 Å². The van der Waals surface area contributed by atoms with Gasteiger partial charge in [-0.3, -0.25) is 0 Å². The van der Waals surface area contributed by atoms with Gasteiger partial charge in [0.05, 0.1) is 0 Å². The highest BCUT2D eigenvalue weighted by Gasteiger charge is 2.05. The Bertz CT molecular complexity index is 492. The fourth-order valence-electron chi connectivity index (χ4n) is 1.52. The van der Waals surface area contributed by atoms with Crippen molar-refractivity contribution in [2.45, 2.75) is 6.54 Å². The molecule has 0 aliphatic heterocycles. The van der Waals surface area contributed by atoms with Crippen LogP contribution < -0.4 is 21.1 Å². The van der Waals surface area contributed by atoms with Gasteiger partial charge in [-0.1, -0.05) is 45.7 Å². The molecule has 2 amide bonds. The van der Waals surface area contributed by atoms with E-state index in [1.54, 1.807) is 21.6 Å². The van der Waals surface area contributed by atoms with Crippen LogP contribution in [0.3, 0.4) is 0 Å². The number of nitrogens with two attached hydrogens (primary N) is 1. The summed E-state index contributed by atoms with van der Waals surface area (Å²) in [7, 11) is 3.41. The lowest BCUT2D eigenvalue weighted by Crippen LogP contribution is -2.36. The summed E-state index contributed by atoms with van der Waals surface area (Å²) in [5.74, 6) is 4.88. The minimum atomic E-state index is -0.198. The number of para-hydroxylation sites is 1. The van der Waals surface area contributed by atoms with Gasteiger partial charge in [0, 0.05) is 36.7 Å². The maximum absolute atomic E-state index is 11.7. The van der Waals surface area contributed by atoms with Crippen molar-refractivity contribution >= 4 is 27.6 Å². The van der Waals surface area contributed by atoms with Gasteiger partial charge in [-0.05, 0) is 6.07 Å². The van der Waals surface area contributed by atoms with Gasteiger partial charge < -0.3 is 21.1 Å². The number of rotatable bonds is 10. The van der Waals surface area contributed by atoms with Crippen LogP contribution in [-0.4, -0.2) is 37.2 Å². The number of carbonyl (C=O) groups is 1. The average molecular weight is 339 g/mol. The van der Waals surface area contributed by atoms with E-state index in [4.69, 9.17) is 16.9 Å². The number of carbonyl (C=O) groups excluding carboxylic acids is 1. The molecular formula is C15H21N3O2S2. The second-order valence-corrected chi connectivity index (χ2v) is 6.84. The number of nitrogens with one attached hydrogen (secondary N) is 2. The van der Waals surface area contributed by atoms with Gasteiger partial charge in [0.25, 0.3) is 0 Å². The number of ether oxygens (including phenoxy) is 1. The third kappa shape index (κ3) is 8.08. The van der Waals surface area contributed by atoms with Crippen molar-refractivity contribution in [3.8, 4) is 18.1 Å². The van der Waals surface area contributed by atoms with Gasteiger partial charge in [0.15, 0.2) is 0 Å². The van der Waals surface area contributed by atoms with Crippen LogP contribution in [0.1, 0.15) is 5.56 Å². The molecule has 1 aromatic carbocycles. The van der Waals surface area contributed by atoms with Crippen LogP contribution in [0.25, 0.3) is 0 Å². The second-order valence-electron chi connectivity index (χ2n) is 4.14. The smallest absolute Gasteiger partial charge is 0.315 e. The lowest BCUT2D eigenvalue weighted by molar-refractivity contribution is 0.241. The summed E-state index contributed by atoms with van der Waals surface area (Å²) in [6.07, 6.45) is 5.18. The van der Waals surface area contributed by atoms with E-state index in [1.165, 1.54) is 0 Å². The summed E-state index contributed by atoms with van der Waals surface area (Å²) in [5.41, 5.74) is 6.28. The first-order valence-corrected chi connectivity index (χ1v) is 9.37. The molecule has 0 aliphatic carbocycles. The Hall–Kier alpha value is -1.49. The first kappa shape index (κ1) is 18.6. The summed E-state index contributed by atoms with van der Waals surface area (Å²) >= 11 is 0. The molecule has 0 bridgehead atoms. The van der Waals surface area contributed by atoms with Gasteiger partial charge in [0.1, 0.15) is 12.4 Å². The highest BCUT2D eigenvalue weighted by atomic mass is 33.1. The SMILES string of the molecule is C#CCOc1ccccc1CNC(=O)NCCSSCCN. The lowest BCUT2D eigenvalue weighted by Gasteiger charge is -2.11. The summed E-state index contributed by atoms with van der Waals surface area (Å²) < 4.78 is 5.43. The zero-order valence-corrected chi connectivity index (χ0v) is 14.0. The molecule has 0 spiro atoms. The fraction of sp³-hybridized carbons (Fsp3) is 0.400. The van der Waals surface area contributed by atoms with Crippen LogP contribution in [0.2, 0.25) is 0 Å². The van der Waals surface area contributed by atoms with Crippen molar-refractivity contribution in [3.63, 3.8) is 0 Å². The quantitative estimate of drug-likeness (QED) is 0.344. The van der Waals surface area contributed by atoms with Crippen LogP contribution in [0.5, 0.6) is 5.75 Å². The van der Waals surface area contributed by atoms with E-state index >= 15 is 0 Å². The third-order valence-electron chi connectivity index (χ3n) is 2.48. The minimum Gasteiger partial charge on any atom is -0.481 e. The van der Waals surface area contributed by atoms with Crippen molar-refractivity contribution in [2.75, 3.05) is 31.2 Å². The van der Waals surface area contributed by atoms with E-state index in [0.29, 0.717) is 25.4 Å². The minimum absolute atomic E-state index is 0.198. The molecule has 0 aromatic heterocycles. The average Bonchev–Trinajstić information content (AvgIpc) is 2.55. The Morgan fingerprint density at radius 2 is 2.05 bits per heavy atom. The van der Waals surface area contributed by atoms with Gasteiger partial charge in [-0.2, -0.15) is 0 Å². The monoisotopic (exact) mass is 339 g/mol. The maximum atomic E-state index is 11.7. The second kappa shape index (κ2) is 12.1. The van der Waals surface area contributed by atoms with E-state index in [-0.39, 0.29) is 12.6 Å². The predicted molar refractivity (Wildman–Crippen MR) is 95.0 cm³/mol. The molecule has 0 aliphatic rings. The molecule has 4 N–H and O–H groups in total. The number of hydrogen-bond acceptors (Lipinski definition) is 5. The Balaban J connectivity index is 2.25. The topological polar surface area (TPSA) is 76.4 Å². The van der Waals surface area contributed by atoms with Crippen LogP contribution in [-0.2, 0) is 6.54 Å². The molecule has 0 fully saturated rings. The summed E-state index contributed by atoms with van der Waals surface area (Å²) in [4.78, 5) is 11.7. The normalized spacial score (nSPS) is 9.82. The van der Waals surface area contributed by atoms with E-state index < -0.39 is 0 Å². The fourth-order valence-corrected chi connectivity index (χ4v) is 3.28. The summed E-state index contributed by atoms with van der Waals surface area (Å²) in [6.45, 7) is 1.89. The first-order chi connectivity index (χ1) is 10.8. The molecular weight excluding hydrogens is 318 g/mol. The summed E-state index contributed by atoms with van der Waals surface area (Å²) in [6, 6.07) is 7.29. The largest absolute Gasteiger partial charge is 0.481 e. The molecule has 0 radical (unpaired) electrons. The zero-order chi connectivity index (χ0) is 16.0. The van der Waals surface area contributed by atoms with E-state index in [9.17, 15) is 4.79 Å². The number of urea groups is 1. The van der Waals surface area contributed by atoms with E-state index in [0.717, 1.165) is 17.1 Å². The van der Waals surface area contributed by atoms with Crippen molar-refractivity contribution < 1.29 is 9.53 Å². The molecule has 0 unspecified atom stereocenters. The molecule has 0 saturated carbocycles. The van der Waals surface area contributed by atoms with Crippen LogP contribution in [0.4, 0.5) is 4.79 Å².